The van der Waals surface area contributed by atoms with E-state index in [0.29, 0.717) is 6.42 Å². The molecule has 0 saturated carbocycles. The van der Waals surface area contributed by atoms with Crippen LogP contribution in [0.4, 0.5) is 0 Å². The highest BCUT2D eigenvalue weighted by Gasteiger charge is 2.05. The van der Waals surface area contributed by atoms with Crippen LogP contribution >= 0.6 is 7.60 Å². The van der Waals surface area contributed by atoms with Crippen molar-refractivity contribution in [3.05, 3.63) is 0 Å². The van der Waals surface area contributed by atoms with Crippen LogP contribution in [0.5, 0.6) is 0 Å². The molecule has 0 spiro atoms. The topological polar surface area (TPSA) is 69.6 Å². The maximum absolute atomic E-state index is 10.6. The molecule has 0 amide bonds. The fourth-order valence-corrected chi connectivity index (χ4v) is 2.99. The van der Waals surface area contributed by atoms with Gasteiger partial charge in [-0.3, -0.25) is 0 Å². The van der Waals surface area contributed by atoms with Crippen molar-refractivity contribution in [2.75, 3.05) is 47.1 Å². The van der Waals surface area contributed by atoms with Crippen LogP contribution in [-0.2, 0) is 9.30 Å². The zero-order valence-corrected chi connectivity index (χ0v) is 16.4. The van der Waals surface area contributed by atoms with E-state index in [1.807, 2.05) is 0 Å². The van der Waals surface area contributed by atoms with Crippen LogP contribution in [0.15, 0.2) is 0 Å². The molecule has 0 aliphatic heterocycles. The molecule has 6 heteroatoms. The van der Waals surface area contributed by atoms with E-state index in [0.717, 1.165) is 43.5 Å². The van der Waals surface area contributed by atoms with Gasteiger partial charge in [0.05, 0.1) is 27.7 Å². The summed E-state index contributed by atoms with van der Waals surface area (Å²) in [7, 11) is 2.52. The number of nitrogens with zero attached hydrogens (tertiary/aromatic N) is 1. The van der Waals surface area contributed by atoms with Crippen molar-refractivity contribution in [2.45, 2.75) is 64.2 Å². The van der Waals surface area contributed by atoms with Crippen LogP contribution in [0.25, 0.3) is 0 Å². The summed E-state index contributed by atoms with van der Waals surface area (Å²) in [6, 6.07) is 0. The van der Waals surface area contributed by atoms with E-state index in [4.69, 9.17) is 9.63 Å². The Morgan fingerprint density at radius 1 is 0.826 bits per heavy atom. The fourth-order valence-electron chi connectivity index (χ4n) is 2.37. The van der Waals surface area contributed by atoms with Crippen LogP contribution in [0, 0.1) is 0 Å². The molecule has 0 aliphatic carbocycles. The molecule has 0 aliphatic rings. The number of hydrogen-bond acceptors (Lipinski definition) is 3. The molecule has 0 saturated heterocycles. The average Bonchev–Trinajstić information content (AvgIpc) is 2.40. The second-order valence-corrected chi connectivity index (χ2v) is 9.25. The lowest BCUT2D eigenvalue weighted by molar-refractivity contribution is -0.870. The van der Waals surface area contributed by atoms with Gasteiger partial charge >= 0.3 is 0 Å². The van der Waals surface area contributed by atoms with Gasteiger partial charge in [0, 0.05) is 12.8 Å². The molecule has 0 aromatic carbocycles. The third kappa shape index (κ3) is 22.1. The van der Waals surface area contributed by atoms with E-state index in [-0.39, 0.29) is 6.16 Å². The Morgan fingerprint density at radius 3 is 1.70 bits per heavy atom. The normalized spacial score (nSPS) is 14.8. The van der Waals surface area contributed by atoms with Gasteiger partial charge < -0.3 is 23.6 Å². The van der Waals surface area contributed by atoms with E-state index in [2.05, 4.69) is 21.1 Å². The number of ether oxygens (including phenoxy) is 1. The van der Waals surface area contributed by atoms with Gasteiger partial charge in [-0.15, -0.1) is 0 Å². The molecule has 0 aromatic heterocycles. The molecule has 1 atom stereocenters. The van der Waals surface area contributed by atoms with Crippen molar-refractivity contribution in [2.24, 2.45) is 0 Å². The minimum absolute atomic E-state index is 0.0656. The third-order valence-corrected chi connectivity index (χ3v) is 4.77. The Bertz CT molecular complexity index is 312. The number of likely N-dealkylation sites (N-methyl/N-ethyl adjacent to an activating group) is 1. The van der Waals surface area contributed by atoms with Crippen molar-refractivity contribution in [3.63, 3.8) is 0 Å². The smallest absolute Gasteiger partial charge is 0.132 e. The molecular weight excluding hydrogens is 313 g/mol. The molecule has 23 heavy (non-hydrogen) atoms. The molecule has 5 nitrogen and oxygen atoms in total. The highest BCUT2D eigenvalue weighted by molar-refractivity contribution is 7.50. The van der Waals surface area contributed by atoms with Crippen LogP contribution in [0.2, 0.25) is 0 Å². The van der Waals surface area contributed by atoms with Gasteiger partial charge in [0.1, 0.15) is 14.1 Å². The van der Waals surface area contributed by atoms with Crippen LogP contribution in [0.3, 0.4) is 0 Å². The summed E-state index contributed by atoms with van der Waals surface area (Å²) in [4.78, 5) is 19.2. The summed E-state index contributed by atoms with van der Waals surface area (Å²) in [5.74, 6) is 0. The molecule has 0 bridgehead atoms. The molecule has 0 heterocycles. The first-order valence-corrected chi connectivity index (χ1v) is 10.9. The predicted molar refractivity (Wildman–Crippen MR) is 94.6 cm³/mol. The van der Waals surface area contributed by atoms with E-state index in [9.17, 15) is 9.46 Å². The SMILES string of the molecule is C[N+](C)(C)CCOCCCCCCCCCCCCP(=O)([O-])O. The van der Waals surface area contributed by atoms with Gasteiger partial charge in [-0.25, -0.2) is 0 Å². The van der Waals surface area contributed by atoms with Gasteiger partial charge in [0.15, 0.2) is 0 Å². The van der Waals surface area contributed by atoms with Crippen molar-refractivity contribution in [1.29, 1.82) is 0 Å². The Kier molecular flexibility index (Phi) is 13.4. The minimum atomic E-state index is -4.02. The third-order valence-electron chi connectivity index (χ3n) is 3.89. The molecular formula is C17H38NO4P. The maximum Gasteiger partial charge on any atom is 0.132 e. The predicted octanol–water partition coefficient (Wildman–Crippen LogP) is 3.16. The zero-order valence-electron chi connectivity index (χ0n) is 15.5. The summed E-state index contributed by atoms with van der Waals surface area (Å²) in [5, 5.41) is 0. The van der Waals surface area contributed by atoms with Crippen molar-refractivity contribution >= 4 is 7.60 Å². The Morgan fingerprint density at radius 2 is 1.26 bits per heavy atom. The number of rotatable bonds is 16. The standard InChI is InChI=1S/C17H38NO4P/c1-18(2,3)14-16-22-15-12-10-8-6-4-5-7-9-11-13-17-23(19,20)21/h4-17H2,1-3H3,(H-,19,20,21). The molecule has 0 radical (unpaired) electrons. The lowest BCUT2D eigenvalue weighted by Crippen LogP contribution is -2.37. The number of hydrogen-bond donors (Lipinski definition) is 1. The summed E-state index contributed by atoms with van der Waals surface area (Å²) < 4.78 is 17.2. The van der Waals surface area contributed by atoms with E-state index in [1.54, 1.807) is 0 Å². The van der Waals surface area contributed by atoms with Crippen LogP contribution < -0.4 is 4.89 Å². The highest BCUT2D eigenvalue weighted by Crippen LogP contribution is 2.30. The summed E-state index contributed by atoms with van der Waals surface area (Å²) in [5.41, 5.74) is 0. The van der Waals surface area contributed by atoms with Crippen LogP contribution in [0.1, 0.15) is 64.2 Å². The quantitative estimate of drug-likeness (QED) is 0.263. The van der Waals surface area contributed by atoms with E-state index in [1.165, 1.54) is 38.5 Å². The first-order chi connectivity index (χ1) is 10.7. The monoisotopic (exact) mass is 351 g/mol. The second-order valence-electron chi connectivity index (χ2n) is 7.52. The fraction of sp³-hybridized carbons (Fsp3) is 1.00. The Labute approximate surface area is 143 Å². The summed E-state index contributed by atoms with van der Waals surface area (Å²) in [6.45, 7) is 2.79. The van der Waals surface area contributed by atoms with Gasteiger partial charge in [-0.2, -0.15) is 0 Å². The summed E-state index contributed by atoms with van der Waals surface area (Å²) in [6.07, 6.45) is 11.1. The van der Waals surface area contributed by atoms with E-state index < -0.39 is 7.60 Å². The molecule has 0 rings (SSSR count). The first-order valence-electron chi connectivity index (χ1n) is 9.12. The van der Waals surface area contributed by atoms with Crippen molar-refractivity contribution < 1.29 is 23.6 Å². The lowest BCUT2D eigenvalue weighted by atomic mass is 10.1. The zero-order chi connectivity index (χ0) is 17.6. The lowest BCUT2D eigenvalue weighted by Gasteiger charge is -2.23. The maximum atomic E-state index is 10.6. The van der Waals surface area contributed by atoms with Gasteiger partial charge in [0.25, 0.3) is 0 Å². The minimum Gasteiger partial charge on any atom is -0.779 e. The van der Waals surface area contributed by atoms with Gasteiger partial charge in [-0.1, -0.05) is 51.4 Å². The molecule has 0 fully saturated rings. The van der Waals surface area contributed by atoms with E-state index >= 15 is 0 Å². The molecule has 1 N–H and O–H groups in total. The number of quaternary nitrogens is 1. The van der Waals surface area contributed by atoms with Gasteiger partial charge in [-0.05, 0) is 12.8 Å². The molecule has 1 unspecified atom stereocenters. The van der Waals surface area contributed by atoms with Gasteiger partial charge in [0.2, 0.25) is 0 Å². The molecule has 0 aromatic rings. The largest absolute Gasteiger partial charge is 0.779 e. The van der Waals surface area contributed by atoms with Crippen molar-refractivity contribution in [3.8, 4) is 0 Å². The van der Waals surface area contributed by atoms with Crippen LogP contribution in [-0.4, -0.2) is 56.4 Å². The van der Waals surface area contributed by atoms with Crippen molar-refractivity contribution in [1.82, 2.24) is 0 Å². The first kappa shape index (κ1) is 23.1. The number of unbranched alkanes of at least 4 members (excludes halogenated alkanes) is 9. The average molecular weight is 351 g/mol. The Hall–Kier alpha value is 0.0700. The Balaban J connectivity index is 3.10. The summed E-state index contributed by atoms with van der Waals surface area (Å²) >= 11 is 0. The molecule has 140 valence electrons. The second kappa shape index (κ2) is 13.4. The highest BCUT2D eigenvalue weighted by atomic mass is 31.2.